The lowest BCUT2D eigenvalue weighted by Gasteiger charge is -2.15. The van der Waals surface area contributed by atoms with Crippen molar-refractivity contribution in [3.63, 3.8) is 0 Å². The number of nitrogens with two attached hydrogens (primary N) is 1. The first-order chi connectivity index (χ1) is 8.15. The summed E-state index contributed by atoms with van der Waals surface area (Å²) in [6.45, 7) is 3.59. The third-order valence-corrected chi connectivity index (χ3v) is 2.68. The first-order valence-electron chi connectivity index (χ1n) is 5.57. The highest BCUT2D eigenvalue weighted by Crippen LogP contribution is 2.13. The number of rotatable bonds is 4. The minimum Gasteiger partial charge on any atom is -0.469 e. The number of aryl methyl sites for hydroxylation is 1. The number of hydrogen-bond donors (Lipinski definition) is 1. The van der Waals surface area contributed by atoms with Crippen molar-refractivity contribution in [3.8, 4) is 0 Å². The lowest BCUT2D eigenvalue weighted by atomic mass is 10.2. The number of pyridine rings is 1. The summed E-state index contributed by atoms with van der Waals surface area (Å²) in [6.07, 6.45) is 3.46. The number of hydrogen-bond acceptors (Lipinski definition) is 4. The molecule has 2 aromatic heterocycles. The maximum atomic E-state index is 5.72. The Bertz CT molecular complexity index is 493. The van der Waals surface area contributed by atoms with Crippen LogP contribution in [-0.2, 0) is 13.1 Å². The molecular weight excluding hydrogens is 214 g/mol. The van der Waals surface area contributed by atoms with Crippen molar-refractivity contribution in [1.29, 1.82) is 0 Å². The zero-order valence-corrected chi connectivity index (χ0v) is 10.2. The fourth-order valence-electron chi connectivity index (χ4n) is 1.78. The molecule has 0 unspecified atom stereocenters. The molecule has 2 heterocycles. The number of furan rings is 1. The van der Waals surface area contributed by atoms with Crippen LogP contribution in [0.1, 0.15) is 17.0 Å². The van der Waals surface area contributed by atoms with Crippen LogP contribution in [0.3, 0.4) is 0 Å². The number of anilines is 1. The highest BCUT2D eigenvalue weighted by Gasteiger charge is 2.06. The van der Waals surface area contributed by atoms with Gasteiger partial charge in [-0.05, 0) is 32.2 Å². The molecule has 4 heteroatoms. The maximum absolute atomic E-state index is 5.72. The van der Waals surface area contributed by atoms with E-state index in [1.807, 2.05) is 19.1 Å². The molecule has 0 saturated heterocycles. The highest BCUT2D eigenvalue weighted by atomic mass is 16.3. The van der Waals surface area contributed by atoms with Crippen LogP contribution in [0.25, 0.3) is 0 Å². The van der Waals surface area contributed by atoms with E-state index in [-0.39, 0.29) is 0 Å². The first kappa shape index (κ1) is 11.7. The first-order valence-corrected chi connectivity index (χ1v) is 5.57. The summed E-state index contributed by atoms with van der Waals surface area (Å²) in [7, 11) is 2.05. The van der Waals surface area contributed by atoms with Gasteiger partial charge in [0.15, 0.2) is 0 Å². The van der Waals surface area contributed by atoms with Crippen LogP contribution >= 0.6 is 0 Å². The topological polar surface area (TPSA) is 55.3 Å². The number of nitrogen functional groups attached to an aromatic ring is 1. The van der Waals surface area contributed by atoms with Crippen LogP contribution in [-0.4, -0.2) is 16.9 Å². The molecule has 0 spiro atoms. The standard InChI is InChI=1S/C13H17N3O/c1-10-11(4-6-17-10)8-16(2)9-13-7-12(14)3-5-15-13/h3-7H,8-9H2,1-2H3,(H2,14,15). The van der Waals surface area contributed by atoms with Gasteiger partial charge >= 0.3 is 0 Å². The van der Waals surface area contributed by atoms with Gasteiger partial charge in [0.2, 0.25) is 0 Å². The molecule has 0 atom stereocenters. The van der Waals surface area contributed by atoms with E-state index in [2.05, 4.69) is 16.9 Å². The quantitative estimate of drug-likeness (QED) is 0.876. The van der Waals surface area contributed by atoms with Gasteiger partial charge in [0.25, 0.3) is 0 Å². The molecule has 0 radical (unpaired) electrons. The maximum Gasteiger partial charge on any atom is 0.105 e. The molecule has 0 aromatic carbocycles. The fourth-order valence-corrected chi connectivity index (χ4v) is 1.78. The van der Waals surface area contributed by atoms with Gasteiger partial charge in [-0.1, -0.05) is 0 Å². The molecule has 2 aromatic rings. The van der Waals surface area contributed by atoms with Crippen molar-refractivity contribution in [1.82, 2.24) is 9.88 Å². The summed E-state index contributed by atoms with van der Waals surface area (Å²) >= 11 is 0. The Kier molecular flexibility index (Phi) is 3.44. The van der Waals surface area contributed by atoms with Crippen LogP contribution < -0.4 is 5.73 Å². The van der Waals surface area contributed by atoms with E-state index in [4.69, 9.17) is 10.2 Å². The summed E-state index contributed by atoms with van der Waals surface area (Å²) in [4.78, 5) is 6.47. The van der Waals surface area contributed by atoms with Gasteiger partial charge in [-0.25, -0.2) is 0 Å². The predicted octanol–water partition coefficient (Wildman–Crippen LogP) is 2.20. The second-order valence-electron chi connectivity index (χ2n) is 4.25. The lowest BCUT2D eigenvalue weighted by molar-refractivity contribution is 0.312. The van der Waals surface area contributed by atoms with E-state index in [0.29, 0.717) is 0 Å². The van der Waals surface area contributed by atoms with E-state index in [0.717, 1.165) is 30.2 Å². The fraction of sp³-hybridized carbons (Fsp3) is 0.308. The molecule has 0 aliphatic carbocycles. The molecule has 2 N–H and O–H groups in total. The average Bonchev–Trinajstić information content (AvgIpc) is 2.64. The summed E-state index contributed by atoms with van der Waals surface area (Å²) < 4.78 is 5.27. The van der Waals surface area contributed by atoms with Crippen molar-refractivity contribution >= 4 is 5.69 Å². The number of aromatic nitrogens is 1. The summed E-state index contributed by atoms with van der Waals surface area (Å²) in [6, 6.07) is 5.70. The number of nitrogens with zero attached hydrogens (tertiary/aromatic N) is 2. The Balaban J connectivity index is 1.98. The zero-order valence-electron chi connectivity index (χ0n) is 10.2. The molecule has 0 saturated carbocycles. The van der Waals surface area contributed by atoms with Crippen molar-refractivity contribution < 1.29 is 4.42 Å². The van der Waals surface area contributed by atoms with Gasteiger partial charge in [0, 0.05) is 30.5 Å². The van der Waals surface area contributed by atoms with Crippen LogP contribution in [0.4, 0.5) is 5.69 Å². The average molecular weight is 231 g/mol. The Morgan fingerprint density at radius 1 is 1.35 bits per heavy atom. The monoisotopic (exact) mass is 231 g/mol. The summed E-state index contributed by atoms with van der Waals surface area (Å²) in [5.41, 5.74) is 8.66. The van der Waals surface area contributed by atoms with Gasteiger partial charge in [0.1, 0.15) is 5.76 Å². The zero-order chi connectivity index (χ0) is 12.3. The van der Waals surface area contributed by atoms with Crippen molar-refractivity contribution in [2.45, 2.75) is 20.0 Å². The highest BCUT2D eigenvalue weighted by molar-refractivity contribution is 5.37. The molecule has 2 rings (SSSR count). The van der Waals surface area contributed by atoms with Gasteiger partial charge in [-0.2, -0.15) is 0 Å². The van der Waals surface area contributed by atoms with E-state index in [9.17, 15) is 0 Å². The van der Waals surface area contributed by atoms with Gasteiger partial charge < -0.3 is 10.2 Å². The van der Waals surface area contributed by atoms with Gasteiger partial charge in [-0.3, -0.25) is 9.88 Å². The second-order valence-corrected chi connectivity index (χ2v) is 4.25. The van der Waals surface area contributed by atoms with Crippen molar-refractivity contribution in [2.24, 2.45) is 0 Å². The molecule has 0 aliphatic heterocycles. The lowest BCUT2D eigenvalue weighted by Crippen LogP contribution is -2.18. The van der Waals surface area contributed by atoms with Crippen LogP contribution in [0.15, 0.2) is 35.1 Å². The summed E-state index contributed by atoms with van der Waals surface area (Å²) in [5.74, 6) is 0.970. The van der Waals surface area contributed by atoms with Crippen molar-refractivity contribution in [3.05, 3.63) is 47.7 Å². The minimum absolute atomic E-state index is 0.753. The summed E-state index contributed by atoms with van der Waals surface area (Å²) in [5, 5.41) is 0. The molecule has 4 nitrogen and oxygen atoms in total. The molecular formula is C13H17N3O. The molecule has 0 aliphatic rings. The Labute approximate surface area is 101 Å². The third kappa shape index (κ3) is 3.07. The smallest absolute Gasteiger partial charge is 0.105 e. The van der Waals surface area contributed by atoms with Crippen LogP contribution in [0, 0.1) is 6.92 Å². The third-order valence-electron chi connectivity index (χ3n) is 2.68. The van der Waals surface area contributed by atoms with E-state index in [1.165, 1.54) is 5.56 Å². The van der Waals surface area contributed by atoms with E-state index >= 15 is 0 Å². The normalized spacial score (nSPS) is 11.0. The molecule has 0 amide bonds. The molecule has 90 valence electrons. The molecule has 0 bridgehead atoms. The SMILES string of the molecule is Cc1occc1CN(C)Cc1cc(N)ccn1. The minimum atomic E-state index is 0.753. The second kappa shape index (κ2) is 5.01. The Hall–Kier alpha value is -1.81. The Morgan fingerprint density at radius 2 is 2.18 bits per heavy atom. The van der Waals surface area contributed by atoms with Crippen molar-refractivity contribution in [2.75, 3.05) is 12.8 Å². The van der Waals surface area contributed by atoms with E-state index in [1.54, 1.807) is 18.5 Å². The molecule has 17 heavy (non-hydrogen) atoms. The van der Waals surface area contributed by atoms with Crippen LogP contribution in [0.5, 0.6) is 0 Å². The van der Waals surface area contributed by atoms with E-state index < -0.39 is 0 Å². The molecule has 0 fully saturated rings. The van der Waals surface area contributed by atoms with Gasteiger partial charge in [0.05, 0.1) is 12.0 Å². The largest absolute Gasteiger partial charge is 0.469 e. The Morgan fingerprint density at radius 3 is 2.82 bits per heavy atom. The van der Waals surface area contributed by atoms with Crippen LogP contribution in [0.2, 0.25) is 0 Å². The van der Waals surface area contributed by atoms with Gasteiger partial charge in [-0.15, -0.1) is 0 Å². The predicted molar refractivity (Wildman–Crippen MR) is 67.3 cm³/mol.